The monoisotopic (exact) mass is 460 g/mol. The minimum absolute atomic E-state index is 0.0917. The molecule has 0 bridgehead atoms. The average molecular weight is 461 g/mol. The first kappa shape index (κ1) is 25.0. The zero-order valence-electron chi connectivity index (χ0n) is 19.9. The molecule has 6 nitrogen and oxygen atoms in total. The van der Waals surface area contributed by atoms with Crippen molar-refractivity contribution in [2.75, 3.05) is 25.1 Å². The molecule has 0 radical (unpaired) electrons. The van der Waals surface area contributed by atoms with Crippen molar-refractivity contribution in [2.24, 2.45) is 0 Å². The van der Waals surface area contributed by atoms with E-state index in [1.165, 1.54) is 0 Å². The normalized spacial score (nSPS) is 11.7. The molecule has 0 heterocycles. The van der Waals surface area contributed by atoms with Gasteiger partial charge in [-0.3, -0.25) is 4.79 Å². The number of alkyl carbamates (subject to hydrolysis) is 1. The van der Waals surface area contributed by atoms with Crippen LogP contribution in [0.25, 0.3) is 11.1 Å². The molecule has 1 atom stereocenters. The summed E-state index contributed by atoms with van der Waals surface area (Å²) in [4.78, 5) is 25.5. The van der Waals surface area contributed by atoms with Crippen LogP contribution < -0.4 is 10.2 Å². The second-order valence-corrected chi connectivity index (χ2v) is 8.49. The zero-order chi connectivity index (χ0) is 24.5. The van der Waals surface area contributed by atoms with Crippen molar-refractivity contribution in [3.05, 3.63) is 89.5 Å². The van der Waals surface area contributed by atoms with Gasteiger partial charge < -0.3 is 20.1 Å². The van der Waals surface area contributed by atoms with E-state index in [0.29, 0.717) is 12.0 Å². The van der Waals surface area contributed by atoms with Gasteiger partial charge in [0.05, 0.1) is 19.3 Å². The fraction of sp³-hybridized carbons (Fsp3) is 0.286. The molecule has 0 spiro atoms. The summed E-state index contributed by atoms with van der Waals surface area (Å²) in [5.74, 6) is 0. The third-order valence-electron chi connectivity index (χ3n) is 5.85. The van der Waals surface area contributed by atoms with E-state index in [1.54, 1.807) is 12.1 Å². The molecule has 178 valence electrons. The Morgan fingerprint density at radius 2 is 1.71 bits per heavy atom. The van der Waals surface area contributed by atoms with Crippen LogP contribution in [0.3, 0.4) is 0 Å². The summed E-state index contributed by atoms with van der Waals surface area (Å²) < 4.78 is 5.24. The first-order chi connectivity index (χ1) is 16.4. The van der Waals surface area contributed by atoms with E-state index in [9.17, 15) is 14.7 Å². The number of amides is 1. The highest BCUT2D eigenvalue weighted by Gasteiger charge is 2.12. The molecule has 3 rings (SSSR count). The van der Waals surface area contributed by atoms with Crippen molar-refractivity contribution in [3.63, 3.8) is 0 Å². The highest BCUT2D eigenvalue weighted by Crippen LogP contribution is 2.28. The van der Waals surface area contributed by atoms with Gasteiger partial charge in [0.15, 0.2) is 6.29 Å². The van der Waals surface area contributed by atoms with Crippen LogP contribution in [0.5, 0.6) is 0 Å². The lowest BCUT2D eigenvalue weighted by molar-refractivity contribution is 0.112. The molecule has 3 aromatic rings. The molecular weight excluding hydrogens is 428 g/mol. The Morgan fingerprint density at radius 1 is 1.03 bits per heavy atom. The Kier molecular flexibility index (Phi) is 8.82. The number of carbonyl (C=O) groups excluding carboxylic acids is 2. The second-order valence-electron chi connectivity index (χ2n) is 8.49. The molecule has 1 amide bonds. The van der Waals surface area contributed by atoms with Crippen LogP contribution in [0.2, 0.25) is 0 Å². The molecule has 2 N–H and O–H groups in total. The summed E-state index contributed by atoms with van der Waals surface area (Å²) in [6, 6.07) is 23.4. The molecule has 0 fully saturated rings. The van der Waals surface area contributed by atoms with Gasteiger partial charge in [0.25, 0.3) is 0 Å². The minimum atomic E-state index is -0.775. The summed E-state index contributed by atoms with van der Waals surface area (Å²) in [6.07, 6.45) is 0.145. The smallest absolute Gasteiger partial charge is 0.407 e. The van der Waals surface area contributed by atoms with E-state index >= 15 is 0 Å². The Bertz CT molecular complexity index is 1080. The van der Waals surface area contributed by atoms with Crippen molar-refractivity contribution in [1.82, 2.24) is 5.32 Å². The Morgan fingerprint density at radius 3 is 2.35 bits per heavy atom. The topological polar surface area (TPSA) is 78.9 Å². The number of benzene rings is 3. The van der Waals surface area contributed by atoms with Crippen LogP contribution in [0.1, 0.15) is 41.4 Å². The van der Waals surface area contributed by atoms with Crippen molar-refractivity contribution in [1.29, 1.82) is 0 Å². The third kappa shape index (κ3) is 6.68. The van der Waals surface area contributed by atoms with E-state index in [2.05, 4.69) is 24.1 Å². The van der Waals surface area contributed by atoms with Crippen molar-refractivity contribution < 1.29 is 19.4 Å². The third-order valence-corrected chi connectivity index (χ3v) is 5.85. The van der Waals surface area contributed by atoms with E-state index in [4.69, 9.17) is 4.74 Å². The maximum absolute atomic E-state index is 11.9. The van der Waals surface area contributed by atoms with Gasteiger partial charge in [0, 0.05) is 30.8 Å². The van der Waals surface area contributed by atoms with Gasteiger partial charge in [-0.2, -0.15) is 0 Å². The highest BCUT2D eigenvalue weighted by atomic mass is 16.5. The van der Waals surface area contributed by atoms with Crippen LogP contribution in [0.15, 0.2) is 72.8 Å². The molecule has 0 saturated carbocycles. The number of ether oxygens (including phenoxy) is 1. The molecule has 3 aromatic carbocycles. The summed E-state index contributed by atoms with van der Waals surface area (Å²) in [5.41, 5.74) is 5.45. The Hall–Kier alpha value is -3.64. The molecule has 0 aliphatic carbocycles. The average Bonchev–Trinajstić information content (AvgIpc) is 2.87. The summed E-state index contributed by atoms with van der Waals surface area (Å²) >= 11 is 0. The molecule has 0 saturated heterocycles. The fourth-order valence-electron chi connectivity index (χ4n) is 3.56. The van der Waals surface area contributed by atoms with Crippen LogP contribution in [-0.2, 0) is 11.2 Å². The number of aldehydes is 1. The Labute approximate surface area is 201 Å². The van der Waals surface area contributed by atoms with Crippen LogP contribution in [0.4, 0.5) is 10.5 Å². The predicted octanol–water partition coefficient (Wildman–Crippen LogP) is 5.01. The lowest BCUT2D eigenvalue weighted by atomic mass is 10.00. The van der Waals surface area contributed by atoms with Gasteiger partial charge in [-0.25, -0.2) is 4.79 Å². The molecular formula is C28H32N2O4. The first-order valence-corrected chi connectivity index (χ1v) is 11.4. The van der Waals surface area contributed by atoms with Crippen molar-refractivity contribution in [3.8, 4) is 11.1 Å². The lowest BCUT2D eigenvalue weighted by Crippen LogP contribution is -2.29. The second kappa shape index (κ2) is 12.0. The number of hydrogen-bond acceptors (Lipinski definition) is 5. The molecule has 34 heavy (non-hydrogen) atoms. The molecule has 6 heteroatoms. The number of carbonyl (C=O) groups is 2. The standard InChI is InChI=1S/C28H32N2O4/c1-20(2)30(3)26-17-24(13-14-25(26)19-31)22-11-9-21(10-12-22)15-16-34-28(33)29-18-27(32)23-7-5-4-6-8-23/h4-14,17,19-20,27,32H,15-16,18H2,1-3H3,(H,29,33)/t27-/m0/s1. The van der Waals surface area contributed by atoms with Gasteiger partial charge in [-0.05, 0) is 48.2 Å². The van der Waals surface area contributed by atoms with Crippen LogP contribution in [-0.4, -0.2) is 43.7 Å². The molecule has 0 unspecified atom stereocenters. The van der Waals surface area contributed by atoms with E-state index in [1.807, 2.05) is 67.7 Å². The number of hydrogen-bond donors (Lipinski definition) is 2. The number of nitrogens with one attached hydrogen (secondary N) is 1. The van der Waals surface area contributed by atoms with Gasteiger partial charge in [-0.15, -0.1) is 0 Å². The fourth-order valence-corrected chi connectivity index (χ4v) is 3.56. The largest absolute Gasteiger partial charge is 0.449 e. The quantitative estimate of drug-likeness (QED) is 0.416. The number of aliphatic hydroxyl groups is 1. The van der Waals surface area contributed by atoms with Crippen LogP contribution in [0, 0.1) is 0 Å². The predicted molar refractivity (Wildman–Crippen MR) is 135 cm³/mol. The number of anilines is 1. The van der Waals surface area contributed by atoms with Gasteiger partial charge in [0.2, 0.25) is 0 Å². The van der Waals surface area contributed by atoms with Gasteiger partial charge in [0.1, 0.15) is 0 Å². The molecule has 0 aliphatic heterocycles. The highest BCUT2D eigenvalue weighted by molar-refractivity contribution is 5.87. The minimum Gasteiger partial charge on any atom is -0.449 e. The van der Waals surface area contributed by atoms with Gasteiger partial charge in [-0.1, -0.05) is 60.7 Å². The molecule has 0 aliphatic rings. The summed E-state index contributed by atoms with van der Waals surface area (Å²) in [6.45, 7) is 4.51. The van der Waals surface area contributed by atoms with E-state index < -0.39 is 12.2 Å². The summed E-state index contributed by atoms with van der Waals surface area (Å²) in [5, 5.41) is 12.7. The summed E-state index contributed by atoms with van der Waals surface area (Å²) in [7, 11) is 1.98. The number of aliphatic hydroxyl groups excluding tert-OH is 1. The zero-order valence-corrected chi connectivity index (χ0v) is 19.9. The lowest BCUT2D eigenvalue weighted by Gasteiger charge is -2.25. The maximum atomic E-state index is 11.9. The van der Waals surface area contributed by atoms with Gasteiger partial charge >= 0.3 is 6.09 Å². The maximum Gasteiger partial charge on any atom is 0.407 e. The van der Waals surface area contributed by atoms with E-state index in [-0.39, 0.29) is 19.2 Å². The first-order valence-electron chi connectivity index (χ1n) is 11.4. The molecule has 0 aromatic heterocycles. The van der Waals surface area contributed by atoms with Crippen LogP contribution >= 0.6 is 0 Å². The SMILES string of the molecule is CC(C)N(C)c1cc(-c2ccc(CCOC(=O)NC[C@H](O)c3ccccc3)cc2)ccc1C=O. The van der Waals surface area contributed by atoms with Crippen molar-refractivity contribution in [2.45, 2.75) is 32.4 Å². The number of rotatable bonds is 10. The van der Waals surface area contributed by atoms with Crippen molar-refractivity contribution >= 4 is 18.1 Å². The Balaban J connectivity index is 1.52. The number of nitrogens with zero attached hydrogens (tertiary/aromatic N) is 1. The van der Waals surface area contributed by atoms with E-state index in [0.717, 1.165) is 34.2 Å².